The zero-order chi connectivity index (χ0) is 29.0. The number of nitrogens with zero attached hydrogens (tertiary/aromatic N) is 7. The number of rotatable bonds is 10. The number of hydrogen-bond donors (Lipinski definition) is 2. The van der Waals surface area contributed by atoms with Gasteiger partial charge in [-0.3, -0.25) is 14.9 Å². The fourth-order valence-electron chi connectivity index (χ4n) is 4.95. The molecule has 222 valence electrons. The minimum absolute atomic E-state index is 0.278. The van der Waals surface area contributed by atoms with E-state index in [1.54, 1.807) is 31.4 Å². The number of piperazine rings is 2. The van der Waals surface area contributed by atoms with Crippen molar-refractivity contribution < 1.29 is 13.2 Å². The fourth-order valence-corrected chi connectivity index (χ4v) is 6.34. The van der Waals surface area contributed by atoms with Crippen molar-refractivity contribution in [3.05, 3.63) is 36.0 Å². The largest absolute Gasteiger partial charge is 0.490 e. The van der Waals surface area contributed by atoms with Crippen LogP contribution in [-0.2, 0) is 9.84 Å². The molecular formula is C27H39N9O3S2. The van der Waals surface area contributed by atoms with E-state index in [2.05, 4.69) is 42.2 Å². The predicted molar refractivity (Wildman–Crippen MR) is 161 cm³/mol. The summed E-state index contributed by atoms with van der Waals surface area (Å²) in [5, 5.41) is 11.1. The van der Waals surface area contributed by atoms with Gasteiger partial charge in [0.2, 0.25) is 5.75 Å². The topological polar surface area (TPSA) is 123 Å². The van der Waals surface area contributed by atoms with E-state index in [0.29, 0.717) is 22.5 Å². The number of methoxy groups -OCH3 is 1. The molecule has 0 bridgehead atoms. The first-order valence-corrected chi connectivity index (χ1v) is 16.5. The Morgan fingerprint density at radius 1 is 0.976 bits per heavy atom. The number of sulfone groups is 1. The highest BCUT2D eigenvalue weighted by molar-refractivity contribution is 7.99. The van der Waals surface area contributed by atoms with Gasteiger partial charge < -0.3 is 19.9 Å². The number of likely N-dealkylation sites (N-methyl/N-ethyl adjacent to an activating group) is 1. The lowest BCUT2D eigenvalue weighted by Crippen LogP contribution is -2.51. The average molecular weight is 602 g/mol. The highest BCUT2D eigenvalue weighted by Gasteiger charge is 2.26. The van der Waals surface area contributed by atoms with Gasteiger partial charge in [0, 0.05) is 88.4 Å². The Morgan fingerprint density at radius 3 is 2.17 bits per heavy atom. The predicted octanol–water partition coefficient (Wildman–Crippen LogP) is 2.18. The van der Waals surface area contributed by atoms with E-state index in [-0.39, 0.29) is 4.90 Å². The molecule has 2 fully saturated rings. The molecule has 41 heavy (non-hydrogen) atoms. The van der Waals surface area contributed by atoms with Crippen LogP contribution in [-0.4, -0.2) is 129 Å². The van der Waals surface area contributed by atoms with Crippen LogP contribution in [0, 0.1) is 6.92 Å². The molecule has 12 nitrogen and oxygen atoms in total. The monoisotopic (exact) mass is 601 g/mol. The molecule has 2 aliphatic rings. The third-order valence-corrected chi connectivity index (χ3v) is 9.45. The van der Waals surface area contributed by atoms with Gasteiger partial charge in [-0.05, 0) is 50.0 Å². The van der Waals surface area contributed by atoms with Crippen LogP contribution in [0.5, 0.6) is 5.75 Å². The maximum Gasteiger partial charge on any atom is 0.204 e. The van der Waals surface area contributed by atoms with E-state index >= 15 is 0 Å². The van der Waals surface area contributed by atoms with Crippen molar-refractivity contribution in [2.24, 2.45) is 0 Å². The van der Waals surface area contributed by atoms with Crippen molar-refractivity contribution in [3.63, 3.8) is 0 Å². The Hall–Kier alpha value is -2.91. The summed E-state index contributed by atoms with van der Waals surface area (Å²) < 4.78 is 29.7. The number of aromatic nitrogens is 4. The first-order valence-electron chi connectivity index (χ1n) is 13.8. The van der Waals surface area contributed by atoms with Gasteiger partial charge in [0.1, 0.15) is 0 Å². The number of nitrogens with one attached hydrogen (secondary N) is 2. The molecule has 2 saturated heterocycles. The number of anilines is 3. The van der Waals surface area contributed by atoms with Gasteiger partial charge in [0.15, 0.2) is 32.4 Å². The lowest BCUT2D eigenvalue weighted by atomic mass is 10.2. The zero-order valence-corrected chi connectivity index (χ0v) is 25.8. The van der Waals surface area contributed by atoms with Crippen molar-refractivity contribution in [2.45, 2.75) is 21.9 Å². The van der Waals surface area contributed by atoms with Crippen LogP contribution >= 0.6 is 11.8 Å². The van der Waals surface area contributed by atoms with Crippen LogP contribution in [0.4, 0.5) is 17.5 Å². The van der Waals surface area contributed by atoms with E-state index in [1.807, 2.05) is 13.0 Å². The lowest BCUT2D eigenvalue weighted by molar-refractivity contribution is 0.133. The first kappa shape index (κ1) is 29.6. The molecule has 2 N–H and O–H groups in total. The third kappa shape index (κ3) is 7.68. The molecule has 0 amide bonds. The molecule has 14 heteroatoms. The fraction of sp³-hybridized carbons (Fsp3) is 0.519. The number of hydrogen-bond acceptors (Lipinski definition) is 12. The quantitative estimate of drug-likeness (QED) is 0.331. The van der Waals surface area contributed by atoms with Gasteiger partial charge in [0.05, 0.1) is 12.0 Å². The van der Waals surface area contributed by atoms with Gasteiger partial charge in [-0.25, -0.2) is 18.4 Å². The lowest BCUT2D eigenvalue weighted by Gasteiger charge is -2.38. The minimum atomic E-state index is -3.27. The normalized spacial score (nSPS) is 17.6. The number of aryl methyl sites for hydroxylation is 1. The smallest absolute Gasteiger partial charge is 0.204 e. The summed E-state index contributed by atoms with van der Waals surface area (Å²) in [5.41, 5.74) is 0.925. The van der Waals surface area contributed by atoms with Crippen molar-refractivity contribution >= 4 is 39.1 Å². The number of benzene rings is 1. The van der Waals surface area contributed by atoms with Gasteiger partial charge in [-0.2, -0.15) is 5.10 Å². The Labute approximate surface area is 246 Å². The van der Waals surface area contributed by atoms with Gasteiger partial charge in [0.25, 0.3) is 0 Å². The molecule has 2 aliphatic heterocycles. The molecule has 0 saturated carbocycles. The molecule has 0 spiro atoms. The van der Waals surface area contributed by atoms with Crippen LogP contribution in [0.25, 0.3) is 0 Å². The van der Waals surface area contributed by atoms with Crippen LogP contribution in [0.2, 0.25) is 0 Å². The molecule has 3 aromatic rings. The van der Waals surface area contributed by atoms with Crippen LogP contribution in [0.3, 0.4) is 0 Å². The highest BCUT2D eigenvalue weighted by atomic mass is 32.2. The Balaban J connectivity index is 1.33. The molecule has 2 aromatic heterocycles. The summed E-state index contributed by atoms with van der Waals surface area (Å²) in [6.07, 6.45) is 1.20. The van der Waals surface area contributed by atoms with E-state index in [9.17, 15) is 8.42 Å². The second-order valence-corrected chi connectivity index (χ2v) is 13.6. The molecule has 0 aliphatic carbocycles. The maximum atomic E-state index is 11.9. The zero-order valence-electron chi connectivity index (χ0n) is 24.1. The minimum Gasteiger partial charge on any atom is -0.490 e. The van der Waals surface area contributed by atoms with E-state index in [0.717, 1.165) is 81.9 Å². The van der Waals surface area contributed by atoms with Crippen molar-refractivity contribution in [2.75, 3.05) is 96.1 Å². The van der Waals surface area contributed by atoms with Crippen LogP contribution in [0.15, 0.2) is 45.3 Å². The second-order valence-electron chi connectivity index (χ2n) is 10.6. The van der Waals surface area contributed by atoms with E-state index < -0.39 is 9.84 Å². The van der Waals surface area contributed by atoms with Gasteiger partial charge >= 0.3 is 0 Å². The number of ether oxygens (including phenoxy) is 1. The van der Waals surface area contributed by atoms with Crippen molar-refractivity contribution in [1.82, 2.24) is 34.9 Å². The summed E-state index contributed by atoms with van der Waals surface area (Å²) >= 11 is 1.37. The molecule has 5 rings (SSSR count). The van der Waals surface area contributed by atoms with Crippen molar-refractivity contribution in [1.29, 1.82) is 0 Å². The third-order valence-electron chi connectivity index (χ3n) is 7.44. The molecular weight excluding hydrogens is 562 g/mol. The van der Waals surface area contributed by atoms with Crippen molar-refractivity contribution in [3.8, 4) is 5.75 Å². The van der Waals surface area contributed by atoms with Crippen LogP contribution in [0.1, 0.15) is 5.69 Å². The molecule has 1 aromatic carbocycles. The summed E-state index contributed by atoms with van der Waals surface area (Å²) in [5.74, 6) is 2.45. The highest BCUT2D eigenvalue weighted by Crippen LogP contribution is 2.38. The summed E-state index contributed by atoms with van der Waals surface area (Å²) in [6.45, 7) is 12.2. The summed E-state index contributed by atoms with van der Waals surface area (Å²) in [4.78, 5) is 20.5. The second kappa shape index (κ2) is 12.9. The summed E-state index contributed by atoms with van der Waals surface area (Å²) in [7, 11) is 0.547. The number of H-pyrrole nitrogens is 1. The summed E-state index contributed by atoms with van der Waals surface area (Å²) in [6, 6.07) is 8.66. The standard InChI is InChI=1S/C27H39N9O3S2/c1-20-19-23(32-31-20)28-25-24(39-3)26(30-27(29-25)40-21-5-7-22(8-6-21)41(4,37)38)36-17-15-35(16-18-36)14-13-34-11-9-33(2)10-12-34/h5-8,19H,9-18H2,1-4H3,(H2,28,29,30,31,32). The first-order chi connectivity index (χ1) is 19.7. The van der Waals surface area contributed by atoms with Crippen LogP contribution < -0.4 is 15.0 Å². The molecule has 0 radical (unpaired) electrons. The van der Waals surface area contributed by atoms with E-state index in [1.165, 1.54) is 18.0 Å². The maximum absolute atomic E-state index is 11.9. The molecule has 0 unspecified atom stereocenters. The SMILES string of the molecule is COc1c(Nc2cc(C)[nH]n2)nc(Sc2ccc(S(C)(=O)=O)cc2)nc1N1CCN(CCN2CCN(C)CC2)CC1. The number of aromatic amines is 1. The van der Waals surface area contributed by atoms with E-state index in [4.69, 9.17) is 14.7 Å². The Bertz CT molecular complexity index is 1420. The molecule has 0 atom stereocenters. The van der Waals surface area contributed by atoms with Gasteiger partial charge in [-0.1, -0.05) is 0 Å². The van der Waals surface area contributed by atoms with Gasteiger partial charge in [-0.15, -0.1) is 0 Å². The average Bonchev–Trinajstić information content (AvgIpc) is 3.37. The Kier molecular flexibility index (Phi) is 9.34. The Morgan fingerprint density at radius 2 is 1.61 bits per heavy atom. The molecule has 4 heterocycles.